The lowest BCUT2D eigenvalue weighted by atomic mass is 10.2. The summed E-state index contributed by atoms with van der Waals surface area (Å²) in [6.07, 6.45) is 1.41. The SMILES string of the molecule is CNC(=O)[C@@H]1CN(Cc2ccc(Oc3ccc(C)cc3)nc2)CCO1. The summed E-state index contributed by atoms with van der Waals surface area (Å²) in [5, 5.41) is 2.63. The molecule has 6 heteroatoms. The van der Waals surface area contributed by atoms with Gasteiger partial charge in [0.15, 0.2) is 0 Å². The van der Waals surface area contributed by atoms with Crippen LogP contribution in [0.5, 0.6) is 11.6 Å². The summed E-state index contributed by atoms with van der Waals surface area (Å²) in [4.78, 5) is 18.3. The zero-order valence-electron chi connectivity index (χ0n) is 14.6. The molecule has 1 atom stereocenters. The molecule has 1 aromatic carbocycles. The Kier molecular flexibility index (Phi) is 5.63. The summed E-state index contributed by atoms with van der Waals surface area (Å²) in [6.45, 7) is 4.71. The van der Waals surface area contributed by atoms with Crippen molar-refractivity contribution in [3.8, 4) is 11.6 Å². The fraction of sp³-hybridized carbons (Fsp3) is 0.368. The Labute approximate surface area is 147 Å². The molecular weight excluding hydrogens is 318 g/mol. The van der Waals surface area contributed by atoms with E-state index in [0.29, 0.717) is 19.0 Å². The van der Waals surface area contributed by atoms with Crippen molar-refractivity contribution < 1.29 is 14.3 Å². The number of carbonyl (C=O) groups excluding carboxylic acids is 1. The maximum atomic E-state index is 11.7. The number of aryl methyl sites for hydroxylation is 1. The molecule has 0 unspecified atom stereocenters. The van der Waals surface area contributed by atoms with Crippen LogP contribution in [0.4, 0.5) is 0 Å². The fourth-order valence-corrected chi connectivity index (χ4v) is 2.72. The predicted molar refractivity (Wildman–Crippen MR) is 94.6 cm³/mol. The first kappa shape index (κ1) is 17.4. The zero-order valence-corrected chi connectivity index (χ0v) is 14.6. The molecule has 25 heavy (non-hydrogen) atoms. The van der Waals surface area contributed by atoms with Crippen LogP contribution in [-0.4, -0.2) is 48.6 Å². The quantitative estimate of drug-likeness (QED) is 0.903. The molecule has 1 saturated heterocycles. The number of benzene rings is 1. The third kappa shape index (κ3) is 4.78. The molecule has 1 amide bonds. The lowest BCUT2D eigenvalue weighted by Gasteiger charge is -2.31. The Bertz CT molecular complexity index is 701. The number of nitrogens with one attached hydrogen (secondary N) is 1. The Morgan fingerprint density at radius 2 is 2.12 bits per heavy atom. The van der Waals surface area contributed by atoms with E-state index in [1.165, 1.54) is 5.56 Å². The fourth-order valence-electron chi connectivity index (χ4n) is 2.72. The Morgan fingerprint density at radius 1 is 1.32 bits per heavy atom. The van der Waals surface area contributed by atoms with Gasteiger partial charge in [0.2, 0.25) is 11.8 Å². The molecule has 1 aromatic heterocycles. The first-order valence-corrected chi connectivity index (χ1v) is 8.39. The van der Waals surface area contributed by atoms with Crippen molar-refractivity contribution in [2.45, 2.75) is 19.6 Å². The highest BCUT2D eigenvalue weighted by Gasteiger charge is 2.25. The van der Waals surface area contributed by atoms with E-state index in [4.69, 9.17) is 9.47 Å². The van der Waals surface area contributed by atoms with Crippen LogP contribution in [0.3, 0.4) is 0 Å². The Balaban J connectivity index is 1.57. The van der Waals surface area contributed by atoms with E-state index in [9.17, 15) is 4.79 Å². The molecule has 1 aliphatic heterocycles. The minimum Gasteiger partial charge on any atom is -0.439 e. The third-order valence-corrected chi connectivity index (χ3v) is 4.14. The van der Waals surface area contributed by atoms with Gasteiger partial charge in [0.05, 0.1) is 6.61 Å². The van der Waals surface area contributed by atoms with Gasteiger partial charge in [-0.1, -0.05) is 23.8 Å². The molecular formula is C19H23N3O3. The summed E-state index contributed by atoms with van der Waals surface area (Å²) < 4.78 is 11.2. The van der Waals surface area contributed by atoms with Gasteiger partial charge in [0.25, 0.3) is 0 Å². The summed E-state index contributed by atoms with van der Waals surface area (Å²) >= 11 is 0. The number of hydrogen-bond acceptors (Lipinski definition) is 5. The number of aromatic nitrogens is 1. The zero-order chi connectivity index (χ0) is 17.6. The molecule has 6 nitrogen and oxygen atoms in total. The van der Waals surface area contributed by atoms with Crippen molar-refractivity contribution in [3.63, 3.8) is 0 Å². The number of rotatable bonds is 5. The van der Waals surface area contributed by atoms with Gasteiger partial charge < -0.3 is 14.8 Å². The Hall–Kier alpha value is -2.44. The summed E-state index contributed by atoms with van der Waals surface area (Å²) in [5.74, 6) is 1.26. The average Bonchev–Trinajstić information content (AvgIpc) is 2.65. The minimum absolute atomic E-state index is 0.0790. The first-order chi connectivity index (χ1) is 12.1. The van der Waals surface area contributed by atoms with Gasteiger partial charge in [-0.2, -0.15) is 0 Å². The van der Waals surface area contributed by atoms with Crippen LogP contribution >= 0.6 is 0 Å². The molecule has 0 radical (unpaired) electrons. The maximum Gasteiger partial charge on any atom is 0.250 e. The van der Waals surface area contributed by atoms with Gasteiger partial charge in [0, 0.05) is 38.9 Å². The predicted octanol–water partition coefficient (Wildman–Crippen LogP) is 2.13. The second-order valence-corrected chi connectivity index (χ2v) is 6.13. The van der Waals surface area contributed by atoms with Gasteiger partial charge in [-0.25, -0.2) is 4.98 Å². The minimum atomic E-state index is -0.407. The van der Waals surface area contributed by atoms with E-state index >= 15 is 0 Å². The van der Waals surface area contributed by atoms with Gasteiger partial charge in [0.1, 0.15) is 11.9 Å². The van der Waals surface area contributed by atoms with Crippen LogP contribution in [0.15, 0.2) is 42.6 Å². The van der Waals surface area contributed by atoms with Crippen molar-refractivity contribution in [1.29, 1.82) is 0 Å². The maximum absolute atomic E-state index is 11.7. The highest BCUT2D eigenvalue weighted by Crippen LogP contribution is 2.20. The molecule has 2 heterocycles. The largest absolute Gasteiger partial charge is 0.439 e. The van der Waals surface area contributed by atoms with Crippen LogP contribution < -0.4 is 10.1 Å². The number of nitrogens with zero attached hydrogens (tertiary/aromatic N) is 2. The van der Waals surface area contributed by atoms with Crippen molar-refractivity contribution in [2.24, 2.45) is 0 Å². The molecule has 2 aromatic rings. The molecule has 0 bridgehead atoms. The number of ether oxygens (including phenoxy) is 2. The molecule has 132 valence electrons. The van der Waals surface area contributed by atoms with Crippen LogP contribution in [-0.2, 0) is 16.1 Å². The summed E-state index contributed by atoms with van der Waals surface area (Å²) in [6, 6.07) is 11.7. The van der Waals surface area contributed by atoms with Crippen LogP contribution in [0.25, 0.3) is 0 Å². The van der Waals surface area contributed by atoms with Gasteiger partial charge in [-0.05, 0) is 24.6 Å². The van der Waals surface area contributed by atoms with Gasteiger partial charge in [-0.15, -0.1) is 0 Å². The van der Waals surface area contributed by atoms with Crippen LogP contribution in [0.2, 0.25) is 0 Å². The highest BCUT2D eigenvalue weighted by molar-refractivity contribution is 5.80. The number of carbonyl (C=O) groups is 1. The van der Waals surface area contributed by atoms with Crippen molar-refractivity contribution in [1.82, 2.24) is 15.2 Å². The van der Waals surface area contributed by atoms with E-state index in [-0.39, 0.29) is 5.91 Å². The molecule has 0 spiro atoms. The monoisotopic (exact) mass is 341 g/mol. The molecule has 1 N–H and O–H groups in total. The van der Waals surface area contributed by atoms with Crippen molar-refractivity contribution in [3.05, 3.63) is 53.7 Å². The molecule has 3 rings (SSSR count). The van der Waals surface area contributed by atoms with Gasteiger partial charge >= 0.3 is 0 Å². The van der Waals surface area contributed by atoms with E-state index < -0.39 is 6.10 Å². The molecule has 0 saturated carbocycles. The van der Waals surface area contributed by atoms with Crippen molar-refractivity contribution >= 4 is 5.91 Å². The van der Waals surface area contributed by atoms with Crippen molar-refractivity contribution in [2.75, 3.05) is 26.7 Å². The lowest BCUT2D eigenvalue weighted by Crippen LogP contribution is -2.48. The summed E-state index contributed by atoms with van der Waals surface area (Å²) in [5.41, 5.74) is 2.27. The third-order valence-electron chi connectivity index (χ3n) is 4.14. The topological polar surface area (TPSA) is 63.7 Å². The molecule has 1 aliphatic rings. The smallest absolute Gasteiger partial charge is 0.250 e. The standard InChI is InChI=1S/C19H23N3O3/c1-14-3-6-16(7-4-14)25-18-8-5-15(11-21-18)12-22-9-10-24-17(13-22)19(23)20-2/h3-8,11,17H,9-10,12-13H2,1-2H3,(H,20,23)/t17-/m0/s1. The average molecular weight is 341 g/mol. The number of amides is 1. The number of likely N-dealkylation sites (N-methyl/N-ethyl adjacent to an activating group) is 1. The van der Waals surface area contributed by atoms with Crippen LogP contribution in [0, 0.1) is 6.92 Å². The van der Waals surface area contributed by atoms with E-state index in [2.05, 4.69) is 15.2 Å². The second-order valence-electron chi connectivity index (χ2n) is 6.13. The summed E-state index contributed by atoms with van der Waals surface area (Å²) in [7, 11) is 1.63. The molecule has 1 fully saturated rings. The van der Waals surface area contributed by atoms with Crippen LogP contribution in [0.1, 0.15) is 11.1 Å². The normalized spacial score (nSPS) is 17.9. The van der Waals surface area contributed by atoms with E-state index in [0.717, 1.165) is 24.4 Å². The first-order valence-electron chi connectivity index (χ1n) is 8.39. The van der Waals surface area contributed by atoms with E-state index in [1.807, 2.05) is 49.5 Å². The number of pyridine rings is 1. The lowest BCUT2D eigenvalue weighted by molar-refractivity contribution is -0.138. The molecule has 0 aliphatic carbocycles. The number of morpholine rings is 1. The highest BCUT2D eigenvalue weighted by atomic mass is 16.5. The second kappa shape index (κ2) is 8.09. The Morgan fingerprint density at radius 3 is 2.80 bits per heavy atom. The van der Waals surface area contributed by atoms with Gasteiger partial charge in [-0.3, -0.25) is 9.69 Å². The van der Waals surface area contributed by atoms with E-state index in [1.54, 1.807) is 7.05 Å². The number of hydrogen-bond donors (Lipinski definition) is 1.